The van der Waals surface area contributed by atoms with Crippen LogP contribution in [0.1, 0.15) is 18.1 Å². The number of rotatable bonds is 6. The standard InChI is InChI=1S/C22H21ClNO4P/c1-15(22(25)27-19-13-17-8-2-3-9-18(17)14-19)24-29(23,26)28-21-12-6-10-16-7-4-5-11-20(16)21/h2-12,15,19H,13-14H2,1H3,(H,24,26)/t15-,29?/m0/s1. The van der Waals surface area contributed by atoms with Crippen LogP contribution in [0, 0.1) is 0 Å². The van der Waals surface area contributed by atoms with E-state index in [-0.39, 0.29) is 6.10 Å². The third-order valence-electron chi connectivity index (χ3n) is 4.96. The van der Waals surface area contributed by atoms with Gasteiger partial charge in [-0.05, 0) is 29.5 Å². The van der Waals surface area contributed by atoms with Gasteiger partial charge in [0, 0.05) is 29.5 Å². The zero-order chi connectivity index (χ0) is 20.4. The lowest BCUT2D eigenvalue weighted by molar-refractivity contribution is -0.150. The molecule has 0 bridgehead atoms. The van der Waals surface area contributed by atoms with Gasteiger partial charge in [-0.15, -0.1) is 0 Å². The molecule has 1 unspecified atom stereocenters. The summed E-state index contributed by atoms with van der Waals surface area (Å²) < 4.78 is 23.9. The minimum absolute atomic E-state index is 0.224. The van der Waals surface area contributed by atoms with Crippen LogP contribution in [0.3, 0.4) is 0 Å². The largest absolute Gasteiger partial charge is 0.461 e. The highest BCUT2D eigenvalue weighted by atomic mass is 35.7. The van der Waals surface area contributed by atoms with Gasteiger partial charge in [0.25, 0.3) is 0 Å². The smallest absolute Gasteiger partial charge is 0.409 e. The van der Waals surface area contributed by atoms with Gasteiger partial charge >= 0.3 is 12.8 Å². The molecule has 0 fully saturated rings. The van der Waals surface area contributed by atoms with E-state index in [1.165, 1.54) is 11.1 Å². The molecule has 1 aliphatic carbocycles. The molecule has 0 amide bonds. The van der Waals surface area contributed by atoms with Crippen molar-refractivity contribution in [1.82, 2.24) is 5.09 Å². The molecule has 0 aromatic heterocycles. The van der Waals surface area contributed by atoms with E-state index in [0.29, 0.717) is 18.6 Å². The molecule has 3 aromatic rings. The maximum atomic E-state index is 12.8. The lowest BCUT2D eigenvalue weighted by atomic mass is 10.1. The molecule has 29 heavy (non-hydrogen) atoms. The Morgan fingerprint density at radius 1 is 1.03 bits per heavy atom. The molecule has 3 aromatic carbocycles. The second-order valence-corrected chi connectivity index (χ2v) is 9.87. The second kappa shape index (κ2) is 8.19. The average molecular weight is 430 g/mol. The van der Waals surface area contributed by atoms with Gasteiger partial charge in [-0.1, -0.05) is 60.7 Å². The monoisotopic (exact) mass is 429 g/mol. The summed E-state index contributed by atoms with van der Waals surface area (Å²) in [6.45, 7) is -2.25. The van der Waals surface area contributed by atoms with Crippen molar-refractivity contribution in [3.8, 4) is 5.75 Å². The fraction of sp³-hybridized carbons (Fsp3) is 0.227. The third-order valence-corrected chi connectivity index (χ3v) is 6.59. The summed E-state index contributed by atoms with van der Waals surface area (Å²) in [6, 6.07) is 20.1. The maximum absolute atomic E-state index is 12.8. The molecule has 1 N–H and O–H groups in total. The maximum Gasteiger partial charge on any atom is 0.409 e. The van der Waals surface area contributed by atoms with Gasteiger partial charge in [0.2, 0.25) is 0 Å². The van der Waals surface area contributed by atoms with Crippen LogP contribution in [0.4, 0.5) is 0 Å². The van der Waals surface area contributed by atoms with E-state index in [9.17, 15) is 9.36 Å². The molecule has 0 saturated carbocycles. The number of hydrogen-bond acceptors (Lipinski definition) is 4. The molecule has 0 spiro atoms. The van der Waals surface area contributed by atoms with Gasteiger partial charge in [0.15, 0.2) is 0 Å². The van der Waals surface area contributed by atoms with Gasteiger partial charge in [-0.25, -0.2) is 9.65 Å². The number of esters is 1. The summed E-state index contributed by atoms with van der Waals surface area (Å²) >= 11 is 6.11. The summed E-state index contributed by atoms with van der Waals surface area (Å²) in [6.07, 6.45) is 1.14. The van der Waals surface area contributed by atoms with E-state index >= 15 is 0 Å². The van der Waals surface area contributed by atoms with Crippen LogP contribution in [0.5, 0.6) is 5.75 Å². The van der Waals surface area contributed by atoms with Crippen molar-refractivity contribution in [3.05, 3.63) is 77.9 Å². The fourth-order valence-electron chi connectivity index (χ4n) is 3.58. The van der Waals surface area contributed by atoms with Crippen molar-refractivity contribution in [2.75, 3.05) is 0 Å². The topological polar surface area (TPSA) is 64.6 Å². The van der Waals surface area contributed by atoms with Gasteiger partial charge in [0.05, 0.1) is 0 Å². The first-order valence-corrected chi connectivity index (χ1v) is 12.0. The van der Waals surface area contributed by atoms with E-state index < -0.39 is 18.9 Å². The highest BCUT2D eigenvalue weighted by Gasteiger charge is 2.31. The van der Waals surface area contributed by atoms with Crippen molar-refractivity contribution in [2.24, 2.45) is 0 Å². The second-order valence-electron chi connectivity index (χ2n) is 7.13. The van der Waals surface area contributed by atoms with Crippen molar-refractivity contribution < 1.29 is 18.6 Å². The minimum atomic E-state index is -3.81. The predicted octanol–water partition coefficient (Wildman–Crippen LogP) is 5.25. The quantitative estimate of drug-likeness (QED) is 0.428. The van der Waals surface area contributed by atoms with Gasteiger partial charge in [-0.2, -0.15) is 0 Å². The number of nitrogens with one attached hydrogen (secondary N) is 1. The normalized spacial score (nSPS) is 16.8. The van der Waals surface area contributed by atoms with E-state index in [1.54, 1.807) is 19.1 Å². The summed E-state index contributed by atoms with van der Waals surface area (Å²) in [5.41, 5.74) is 2.38. The van der Waals surface area contributed by atoms with Crippen molar-refractivity contribution in [1.29, 1.82) is 0 Å². The lowest BCUT2D eigenvalue weighted by Gasteiger charge is -2.20. The molecule has 4 rings (SSSR count). The van der Waals surface area contributed by atoms with Gasteiger partial charge in [-0.3, -0.25) is 4.79 Å². The Labute approximate surface area is 174 Å². The van der Waals surface area contributed by atoms with Crippen LogP contribution in [-0.2, 0) is 26.9 Å². The molecule has 0 aliphatic heterocycles. The highest BCUT2D eigenvalue weighted by molar-refractivity contribution is 7.84. The Kier molecular flexibility index (Phi) is 5.64. The molecule has 0 heterocycles. The number of hydrogen-bond donors (Lipinski definition) is 1. The van der Waals surface area contributed by atoms with E-state index in [2.05, 4.69) is 5.09 Å². The molecule has 0 saturated heterocycles. The van der Waals surface area contributed by atoms with E-state index in [4.69, 9.17) is 20.5 Å². The molecule has 1 aliphatic rings. The molecule has 7 heteroatoms. The highest BCUT2D eigenvalue weighted by Crippen LogP contribution is 2.50. The lowest BCUT2D eigenvalue weighted by Crippen LogP contribution is -2.35. The number of ether oxygens (including phenoxy) is 1. The Morgan fingerprint density at radius 3 is 2.38 bits per heavy atom. The zero-order valence-electron chi connectivity index (χ0n) is 15.9. The summed E-state index contributed by atoms with van der Waals surface area (Å²) in [7, 11) is 0. The Hall–Kier alpha value is -2.33. The Bertz CT molecular complexity index is 1070. The summed E-state index contributed by atoms with van der Waals surface area (Å²) in [5.74, 6) is -0.119. The molecule has 5 nitrogen and oxygen atoms in total. The van der Waals surface area contributed by atoms with Crippen LogP contribution in [0.2, 0.25) is 0 Å². The molecule has 150 valence electrons. The van der Waals surface area contributed by atoms with Crippen LogP contribution in [0.25, 0.3) is 10.8 Å². The van der Waals surface area contributed by atoms with Crippen molar-refractivity contribution in [2.45, 2.75) is 31.9 Å². The van der Waals surface area contributed by atoms with Crippen molar-refractivity contribution in [3.63, 3.8) is 0 Å². The Morgan fingerprint density at radius 2 is 1.66 bits per heavy atom. The third kappa shape index (κ3) is 4.64. The van der Waals surface area contributed by atoms with Crippen LogP contribution >= 0.6 is 18.1 Å². The van der Waals surface area contributed by atoms with E-state index in [0.717, 1.165) is 10.8 Å². The first-order valence-electron chi connectivity index (χ1n) is 9.43. The number of fused-ring (bicyclic) bond motifs is 2. The Balaban J connectivity index is 1.38. The number of carbonyl (C=O) groups is 1. The number of carbonyl (C=O) groups excluding carboxylic acids is 1. The van der Waals surface area contributed by atoms with E-state index in [1.807, 2.05) is 54.6 Å². The molecule has 0 radical (unpaired) electrons. The zero-order valence-corrected chi connectivity index (χ0v) is 17.5. The SMILES string of the molecule is C[C@H](NP(=O)(Cl)Oc1cccc2ccccc12)C(=O)OC1Cc2ccccc2C1. The minimum Gasteiger partial charge on any atom is -0.461 e. The van der Waals surface area contributed by atoms with Crippen LogP contribution in [0.15, 0.2) is 66.7 Å². The van der Waals surface area contributed by atoms with Crippen molar-refractivity contribution >= 4 is 34.9 Å². The van der Waals surface area contributed by atoms with Gasteiger partial charge < -0.3 is 9.26 Å². The number of benzene rings is 3. The molecular weight excluding hydrogens is 409 g/mol. The fourth-order valence-corrected chi connectivity index (χ4v) is 5.28. The van der Waals surface area contributed by atoms with Gasteiger partial charge in [0.1, 0.15) is 17.9 Å². The predicted molar refractivity (Wildman–Crippen MR) is 114 cm³/mol. The first-order chi connectivity index (χ1) is 13.9. The summed E-state index contributed by atoms with van der Waals surface area (Å²) in [5, 5.41) is 4.32. The summed E-state index contributed by atoms with van der Waals surface area (Å²) in [4.78, 5) is 12.5. The average Bonchev–Trinajstić information content (AvgIpc) is 3.10. The van der Waals surface area contributed by atoms with Crippen LogP contribution in [-0.4, -0.2) is 18.1 Å². The molecular formula is C22H21ClNO4P. The van der Waals surface area contributed by atoms with Crippen LogP contribution < -0.4 is 9.61 Å². The molecule has 2 atom stereocenters. The number of halogens is 1. The first kappa shape index (κ1) is 20.0.